The van der Waals surface area contributed by atoms with Crippen LogP contribution < -0.4 is 86.7 Å². The van der Waals surface area contributed by atoms with Gasteiger partial charge in [-0.05, 0) is 107 Å². The summed E-state index contributed by atoms with van der Waals surface area (Å²) in [6, 6.07) is -14.9. The van der Waals surface area contributed by atoms with E-state index >= 15 is 0 Å². The standard InChI is InChI=1S/C61H111N17O17/c1-29(2)20-39(73-57(91)43(24-33(9)10)75-56(90)42(23-32(7)8)72-51(85)37(62)16-15-19-66-61(64)65)52(86)67-26-47(82)69-35(13)50(84)71-41(22-31(5)6)55(89)70-38(17-18-46(63)81)54(88)77-45(28-79)59(93)76-44(25-34(11)12)58(92)74-40(21-30(3)4)53(87)68-27-48(83)78-49(36(14)80)60(94)95/h29-45,49,79-80H,15-28,62H2,1-14H3,(H2,63,81)(H,67,86)(H,68,87)(H,69,82)(H,70,89)(H,71,84)(H,72,85)(H,73,91)(H,74,92)(H,75,90)(H,76,93)(H,77,88)(H,78,83)(H,94,95)(H4,64,65,66)/t35-,36+,37-,38-,39-,40-,41-,42-,43-,44-,45-,49-/m0/s1. The van der Waals surface area contributed by atoms with Crippen molar-refractivity contribution < 1.29 is 82.4 Å². The van der Waals surface area contributed by atoms with Gasteiger partial charge in [-0.1, -0.05) is 83.1 Å². The zero-order chi connectivity index (χ0) is 73.1. The number of hydrogen-bond acceptors (Lipinski definition) is 18. The molecule has 0 rings (SSSR count). The lowest BCUT2D eigenvalue weighted by Gasteiger charge is -2.28. The van der Waals surface area contributed by atoms with Gasteiger partial charge in [0, 0.05) is 13.0 Å². The average Bonchev–Trinajstić information content (AvgIpc) is 1.25. The summed E-state index contributed by atoms with van der Waals surface area (Å²) in [5.74, 6) is -13.9. The Labute approximate surface area is 556 Å². The van der Waals surface area contributed by atoms with E-state index in [0.717, 1.165) is 6.92 Å². The first-order chi connectivity index (χ1) is 44.1. The molecule has 34 nitrogen and oxygen atoms in total. The maximum absolute atomic E-state index is 14.0. The Morgan fingerprint density at radius 3 is 1.02 bits per heavy atom. The Balaban J connectivity index is 6.29. The smallest absolute Gasteiger partial charge is 0.328 e. The highest BCUT2D eigenvalue weighted by atomic mass is 16.4. The first-order valence-electron chi connectivity index (χ1n) is 32.3. The molecule has 0 unspecified atom stereocenters. The molecular formula is C61H111N17O17. The number of aliphatic hydroxyl groups excluding tert-OH is 2. The van der Waals surface area contributed by atoms with Crippen LogP contribution in [0.25, 0.3) is 0 Å². The van der Waals surface area contributed by atoms with E-state index in [1.807, 2.05) is 27.7 Å². The molecule has 13 amide bonds. The number of aliphatic hydroxyl groups is 2. The fourth-order valence-electron chi connectivity index (χ4n) is 9.38. The van der Waals surface area contributed by atoms with Gasteiger partial charge >= 0.3 is 5.97 Å². The summed E-state index contributed by atoms with van der Waals surface area (Å²) in [4.78, 5) is 190. The number of carboxylic acid groups (broad SMARTS) is 1. The van der Waals surface area contributed by atoms with E-state index in [0.29, 0.717) is 6.42 Å². The van der Waals surface area contributed by atoms with E-state index in [1.165, 1.54) is 6.92 Å². The number of aliphatic imine (C=N–C) groups is 1. The first kappa shape index (κ1) is 86.7. The molecule has 542 valence electrons. The highest BCUT2D eigenvalue weighted by Gasteiger charge is 2.36. The van der Waals surface area contributed by atoms with E-state index in [1.54, 1.807) is 55.4 Å². The van der Waals surface area contributed by atoms with Crippen LogP contribution in [0.1, 0.15) is 161 Å². The van der Waals surface area contributed by atoms with E-state index in [4.69, 9.17) is 22.9 Å². The van der Waals surface area contributed by atoms with Crippen molar-refractivity contribution >= 4 is 88.7 Å². The summed E-state index contributed by atoms with van der Waals surface area (Å²) < 4.78 is 0. The summed E-state index contributed by atoms with van der Waals surface area (Å²) in [6.07, 6.45) is -1.37. The summed E-state index contributed by atoms with van der Waals surface area (Å²) in [6.45, 7) is 21.5. The van der Waals surface area contributed by atoms with Gasteiger partial charge in [-0.25, -0.2) is 4.79 Å². The molecular weight excluding hydrogens is 1240 g/mol. The highest BCUT2D eigenvalue weighted by Crippen LogP contribution is 2.14. The van der Waals surface area contributed by atoms with Gasteiger partial charge in [-0.3, -0.25) is 67.3 Å². The maximum Gasteiger partial charge on any atom is 0.328 e. The highest BCUT2D eigenvalue weighted by molar-refractivity contribution is 5.99. The van der Waals surface area contributed by atoms with Gasteiger partial charge in [0.1, 0.15) is 54.4 Å². The SMILES string of the molecule is CC(C)C[C@H](NC(=O)[C@H](C)NC(=O)CNC(=O)[C@H](CC(C)C)NC(=O)[C@H](CC(C)C)NC(=O)[C@H](CC(C)C)NC(=O)[C@@H](N)CCCN=C(N)N)C(=O)N[C@@H](CCC(N)=O)C(=O)N[C@@H](CO)C(=O)N[C@@H](CC(C)C)C(=O)N[C@@H](CC(C)C)C(=O)NCC(=O)N[C@H](C(=O)O)[C@@H](C)O. The number of carbonyl (C=O) groups is 14. The molecule has 0 aromatic heterocycles. The van der Waals surface area contributed by atoms with Crippen molar-refractivity contribution in [1.82, 2.24) is 63.8 Å². The molecule has 12 atom stereocenters. The van der Waals surface area contributed by atoms with Gasteiger partial charge < -0.3 is 102 Å². The minimum Gasteiger partial charge on any atom is -0.480 e. The zero-order valence-corrected chi connectivity index (χ0v) is 57.6. The Hall–Kier alpha value is -8.27. The molecule has 23 N–H and O–H groups in total. The third kappa shape index (κ3) is 36.8. The quantitative estimate of drug-likeness (QED) is 0.0155. The van der Waals surface area contributed by atoms with Gasteiger partial charge in [-0.2, -0.15) is 0 Å². The first-order valence-corrected chi connectivity index (χ1v) is 32.3. The van der Waals surface area contributed by atoms with Crippen LogP contribution in [0.4, 0.5) is 0 Å². The summed E-state index contributed by atoms with van der Waals surface area (Å²) in [7, 11) is 0. The van der Waals surface area contributed by atoms with E-state index in [-0.39, 0.29) is 93.0 Å². The number of rotatable bonds is 46. The van der Waals surface area contributed by atoms with Crippen molar-refractivity contribution in [2.24, 2.45) is 63.4 Å². The second kappa shape index (κ2) is 44.4. The number of nitrogens with one attached hydrogen (secondary N) is 12. The normalized spacial score (nSPS) is 15.1. The number of hydrogen-bond donors (Lipinski definition) is 19. The largest absolute Gasteiger partial charge is 0.480 e. The van der Waals surface area contributed by atoms with Crippen molar-refractivity contribution in [3.05, 3.63) is 0 Å². The van der Waals surface area contributed by atoms with Crippen molar-refractivity contribution in [2.45, 2.75) is 234 Å². The summed E-state index contributed by atoms with van der Waals surface area (Å²) in [5.41, 5.74) is 22.3. The molecule has 0 saturated carbocycles. The summed E-state index contributed by atoms with van der Waals surface area (Å²) in [5, 5.41) is 59.2. The van der Waals surface area contributed by atoms with Crippen LogP contribution in [-0.2, 0) is 67.1 Å². The molecule has 34 heteroatoms. The number of primary amides is 1. The maximum atomic E-state index is 14.0. The number of nitrogens with two attached hydrogens (primary N) is 4. The number of carboxylic acids is 1. The van der Waals surface area contributed by atoms with Crippen molar-refractivity contribution in [3.63, 3.8) is 0 Å². The van der Waals surface area contributed by atoms with Crippen LogP contribution in [0, 0.1) is 35.5 Å². The van der Waals surface area contributed by atoms with Gasteiger partial charge in [-0.15, -0.1) is 0 Å². The van der Waals surface area contributed by atoms with Crippen LogP contribution in [0.5, 0.6) is 0 Å². The average molecular weight is 1350 g/mol. The predicted molar refractivity (Wildman–Crippen MR) is 350 cm³/mol. The predicted octanol–water partition coefficient (Wildman–Crippen LogP) is -4.53. The van der Waals surface area contributed by atoms with Crippen LogP contribution in [0.15, 0.2) is 4.99 Å². The lowest BCUT2D eigenvalue weighted by Crippen LogP contribution is -2.60. The van der Waals surface area contributed by atoms with E-state index in [9.17, 15) is 82.4 Å². The molecule has 0 heterocycles. The molecule has 0 aliphatic carbocycles. The molecule has 0 bridgehead atoms. The molecule has 0 aromatic rings. The minimum atomic E-state index is -1.78. The number of aliphatic carboxylic acids is 1. The Morgan fingerprint density at radius 2 is 0.695 bits per heavy atom. The molecule has 0 fully saturated rings. The van der Waals surface area contributed by atoms with E-state index < -0.39 is 188 Å². The van der Waals surface area contributed by atoms with Gasteiger partial charge in [0.25, 0.3) is 0 Å². The van der Waals surface area contributed by atoms with Gasteiger partial charge in [0.15, 0.2) is 12.0 Å². The Morgan fingerprint density at radius 1 is 0.389 bits per heavy atom. The fraction of sp³-hybridized carbons (Fsp3) is 0.754. The zero-order valence-electron chi connectivity index (χ0n) is 57.6. The molecule has 0 saturated heterocycles. The van der Waals surface area contributed by atoms with Gasteiger partial charge in [0.2, 0.25) is 76.8 Å². The van der Waals surface area contributed by atoms with Crippen molar-refractivity contribution in [3.8, 4) is 0 Å². The number of amides is 13. The fourth-order valence-corrected chi connectivity index (χ4v) is 9.38. The van der Waals surface area contributed by atoms with Crippen molar-refractivity contribution in [1.29, 1.82) is 0 Å². The molecule has 0 aliphatic heterocycles. The number of nitrogens with zero attached hydrogens (tertiary/aromatic N) is 1. The molecule has 0 spiro atoms. The van der Waals surface area contributed by atoms with Gasteiger partial charge in [0.05, 0.1) is 31.8 Å². The third-order valence-electron chi connectivity index (χ3n) is 14.2. The molecule has 0 aromatic carbocycles. The van der Waals surface area contributed by atoms with E-state index in [2.05, 4.69) is 68.8 Å². The Kier molecular flexibility index (Phi) is 40.5. The van der Waals surface area contributed by atoms with Crippen LogP contribution in [0.3, 0.4) is 0 Å². The lowest BCUT2D eigenvalue weighted by atomic mass is 9.98. The minimum absolute atomic E-state index is 0.0312. The van der Waals surface area contributed by atoms with Crippen LogP contribution in [-0.4, -0.2) is 203 Å². The topological polar surface area (TPSA) is 560 Å². The van der Waals surface area contributed by atoms with Crippen LogP contribution >= 0.6 is 0 Å². The molecule has 95 heavy (non-hydrogen) atoms. The van der Waals surface area contributed by atoms with Crippen molar-refractivity contribution in [2.75, 3.05) is 26.2 Å². The lowest BCUT2D eigenvalue weighted by molar-refractivity contribution is -0.144. The monoisotopic (exact) mass is 1350 g/mol. The second-order valence-corrected chi connectivity index (χ2v) is 26.4. The Bertz CT molecular complexity index is 2600. The third-order valence-corrected chi connectivity index (χ3v) is 14.2. The molecule has 0 radical (unpaired) electrons. The number of guanidine groups is 1. The second-order valence-electron chi connectivity index (χ2n) is 26.4. The summed E-state index contributed by atoms with van der Waals surface area (Å²) >= 11 is 0. The van der Waals surface area contributed by atoms with Crippen LogP contribution in [0.2, 0.25) is 0 Å². The molecule has 0 aliphatic rings. The number of carbonyl (C=O) groups excluding carboxylic acids is 13.